The Hall–Kier alpha value is -2.15. The molecule has 0 aliphatic rings. The average Bonchev–Trinajstić information content (AvgIpc) is 2.81. The largest absolute Gasteiger partial charge is 0.364 e. The molecular formula is C14H15BrN6. The van der Waals surface area contributed by atoms with Crippen molar-refractivity contribution in [1.29, 1.82) is 0 Å². The van der Waals surface area contributed by atoms with Gasteiger partial charge in [-0.25, -0.2) is 9.97 Å². The van der Waals surface area contributed by atoms with Crippen LogP contribution in [0.3, 0.4) is 0 Å². The number of imidazole rings is 1. The molecule has 0 aliphatic heterocycles. The number of aryl methyl sites for hydroxylation is 1. The molecule has 0 radical (unpaired) electrons. The van der Waals surface area contributed by atoms with Gasteiger partial charge in [-0.05, 0) is 35.0 Å². The van der Waals surface area contributed by atoms with E-state index in [1.165, 1.54) is 0 Å². The molecule has 3 aromatic heterocycles. The lowest BCUT2D eigenvalue weighted by atomic mass is 10.4. The number of pyridine rings is 1. The predicted octanol–water partition coefficient (Wildman–Crippen LogP) is 2.85. The Morgan fingerprint density at radius 3 is 2.86 bits per heavy atom. The van der Waals surface area contributed by atoms with E-state index in [9.17, 15) is 0 Å². The van der Waals surface area contributed by atoms with Gasteiger partial charge in [0.15, 0.2) is 0 Å². The summed E-state index contributed by atoms with van der Waals surface area (Å²) in [5, 5.41) is 6.23. The second kappa shape index (κ2) is 5.69. The standard InChI is InChI=1S/C14H15BrN6/c1-9-7-11(20-14(16-2)18-9)17-8-10-13(15)21-6-4-3-5-12(21)19-10/h3-7H,8H2,1-2H3,(H2,16,17,18,20). The molecular weight excluding hydrogens is 332 g/mol. The maximum absolute atomic E-state index is 4.59. The van der Waals surface area contributed by atoms with E-state index in [4.69, 9.17) is 0 Å². The molecule has 0 bridgehead atoms. The number of rotatable bonds is 4. The van der Waals surface area contributed by atoms with E-state index in [0.717, 1.165) is 27.5 Å². The number of nitrogens with zero attached hydrogens (tertiary/aromatic N) is 4. The number of anilines is 2. The molecule has 0 fully saturated rings. The average molecular weight is 347 g/mol. The summed E-state index contributed by atoms with van der Waals surface area (Å²) < 4.78 is 2.95. The van der Waals surface area contributed by atoms with Crippen LogP contribution >= 0.6 is 15.9 Å². The van der Waals surface area contributed by atoms with Crippen LogP contribution < -0.4 is 10.6 Å². The summed E-state index contributed by atoms with van der Waals surface area (Å²) in [5.41, 5.74) is 2.75. The van der Waals surface area contributed by atoms with Gasteiger partial charge >= 0.3 is 0 Å². The molecule has 3 aromatic rings. The minimum atomic E-state index is 0.585. The minimum Gasteiger partial charge on any atom is -0.364 e. The van der Waals surface area contributed by atoms with E-state index in [1.54, 1.807) is 7.05 Å². The SMILES string of the molecule is CNc1nc(C)cc(NCc2nc3ccccn3c2Br)n1. The van der Waals surface area contributed by atoms with Gasteiger partial charge in [-0.3, -0.25) is 4.40 Å². The first kappa shape index (κ1) is 13.8. The highest BCUT2D eigenvalue weighted by atomic mass is 79.9. The molecule has 0 spiro atoms. The van der Waals surface area contributed by atoms with E-state index >= 15 is 0 Å². The summed E-state index contributed by atoms with van der Waals surface area (Å²) in [6.07, 6.45) is 1.98. The summed E-state index contributed by atoms with van der Waals surface area (Å²) in [6, 6.07) is 7.83. The highest BCUT2D eigenvalue weighted by molar-refractivity contribution is 9.10. The zero-order valence-electron chi connectivity index (χ0n) is 11.8. The molecule has 0 aliphatic carbocycles. The number of hydrogen-bond donors (Lipinski definition) is 2. The van der Waals surface area contributed by atoms with Gasteiger partial charge in [0.1, 0.15) is 16.1 Å². The van der Waals surface area contributed by atoms with E-state index in [1.807, 2.05) is 41.8 Å². The smallest absolute Gasteiger partial charge is 0.224 e. The van der Waals surface area contributed by atoms with Crippen LogP contribution in [0.5, 0.6) is 0 Å². The Labute approximate surface area is 130 Å². The summed E-state index contributed by atoms with van der Waals surface area (Å²) in [7, 11) is 1.80. The van der Waals surface area contributed by atoms with Gasteiger partial charge in [-0.2, -0.15) is 4.98 Å². The van der Waals surface area contributed by atoms with Gasteiger partial charge in [0, 0.05) is 25.0 Å². The quantitative estimate of drug-likeness (QED) is 0.760. The monoisotopic (exact) mass is 346 g/mol. The highest BCUT2D eigenvalue weighted by Gasteiger charge is 2.09. The Balaban J connectivity index is 1.83. The molecule has 3 heterocycles. The molecule has 0 amide bonds. The summed E-state index contributed by atoms with van der Waals surface area (Å²) in [4.78, 5) is 13.2. The topological polar surface area (TPSA) is 67.1 Å². The van der Waals surface area contributed by atoms with Gasteiger partial charge in [0.2, 0.25) is 5.95 Å². The van der Waals surface area contributed by atoms with Crippen LogP contribution in [0.25, 0.3) is 5.65 Å². The Kier molecular flexibility index (Phi) is 3.74. The first-order valence-corrected chi connectivity index (χ1v) is 7.35. The predicted molar refractivity (Wildman–Crippen MR) is 86.5 cm³/mol. The highest BCUT2D eigenvalue weighted by Crippen LogP contribution is 2.20. The van der Waals surface area contributed by atoms with Crippen molar-refractivity contribution in [2.75, 3.05) is 17.7 Å². The molecule has 2 N–H and O–H groups in total. The number of aromatic nitrogens is 4. The lowest BCUT2D eigenvalue weighted by Gasteiger charge is -2.07. The third-order valence-corrected chi connectivity index (χ3v) is 3.89. The molecule has 0 atom stereocenters. The van der Waals surface area contributed by atoms with Crippen LogP contribution in [0.2, 0.25) is 0 Å². The van der Waals surface area contributed by atoms with E-state index < -0.39 is 0 Å². The van der Waals surface area contributed by atoms with E-state index in [-0.39, 0.29) is 0 Å². The normalized spacial score (nSPS) is 10.8. The summed E-state index contributed by atoms with van der Waals surface area (Å²) in [6.45, 7) is 2.52. The number of hydrogen-bond acceptors (Lipinski definition) is 5. The minimum absolute atomic E-state index is 0.585. The molecule has 0 aromatic carbocycles. The van der Waals surface area contributed by atoms with E-state index in [2.05, 4.69) is 41.5 Å². The maximum atomic E-state index is 4.59. The third-order valence-electron chi connectivity index (χ3n) is 3.05. The van der Waals surface area contributed by atoms with Crippen LogP contribution in [-0.4, -0.2) is 26.4 Å². The first-order valence-electron chi connectivity index (χ1n) is 6.56. The molecule has 6 nitrogen and oxygen atoms in total. The van der Waals surface area contributed by atoms with Crippen molar-refractivity contribution in [2.45, 2.75) is 13.5 Å². The number of nitrogens with one attached hydrogen (secondary N) is 2. The zero-order chi connectivity index (χ0) is 14.8. The van der Waals surface area contributed by atoms with Crippen molar-refractivity contribution in [3.63, 3.8) is 0 Å². The Bertz CT molecular complexity index is 782. The molecule has 0 saturated carbocycles. The van der Waals surface area contributed by atoms with Crippen LogP contribution in [0.1, 0.15) is 11.4 Å². The second-order valence-electron chi connectivity index (χ2n) is 4.60. The van der Waals surface area contributed by atoms with Crippen molar-refractivity contribution in [3.05, 3.63) is 46.5 Å². The molecule has 108 valence electrons. The number of fused-ring (bicyclic) bond motifs is 1. The van der Waals surface area contributed by atoms with Crippen LogP contribution in [0.15, 0.2) is 35.1 Å². The molecule has 0 unspecified atom stereocenters. The molecule has 3 rings (SSSR count). The van der Waals surface area contributed by atoms with Crippen molar-refractivity contribution in [1.82, 2.24) is 19.4 Å². The number of halogens is 1. The van der Waals surface area contributed by atoms with Gasteiger partial charge in [-0.1, -0.05) is 6.07 Å². The van der Waals surface area contributed by atoms with Crippen LogP contribution in [0, 0.1) is 6.92 Å². The van der Waals surface area contributed by atoms with Crippen LogP contribution in [0.4, 0.5) is 11.8 Å². The van der Waals surface area contributed by atoms with E-state index in [0.29, 0.717) is 12.5 Å². The lowest BCUT2D eigenvalue weighted by molar-refractivity contribution is 1.02. The second-order valence-corrected chi connectivity index (χ2v) is 5.35. The third kappa shape index (κ3) is 2.82. The Morgan fingerprint density at radius 2 is 2.10 bits per heavy atom. The molecule has 21 heavy (non-hydrogen) atoms. The zero-order valence-corrected chi connectivity index (χ0v) is 13.3. The maximum Gasteiger partial charge on any atom is 0.224 e. The molecule has 0 saturated heterocycles. The van der Waals surface area contributed by atoms with Crippen molar-refractivity contribution >= 4 is 33.3 Å². The van der Waals surface area contributed by atoms with Gasteiger partial charge < -0.3 is 10.6 Å². The van der Waals surface area contributed by atoms with Crippen molar-refractivity contribution < 1.29 is 0 Å². The first-order chi connectivity index (χ1) is 10.2. The van der Waals surface area contributed by atoms with Crippen LogP contribution in [-0.2, 0) is 6.54 Å². The fourth-order valence-corrected chi connectivity index (χ4v) is 2.60. The molecule has 7 heteroatoms. The summed E-state index contributed by atoms with van der Waals surface area (Å²) >= 11 is 3.58. The lowest BCUT2D eigenvalue weighted by Crippen LogP contribution is -2.06. The summed E-state index contributed by atoms with van der Waals surface area (Å²) in [5.74, 6) is 1.38. The van der Waals surface area contributed by atoms with Crippen molar-refractivity contribution in [2.24, 2.45) is 0 Å². The Morgan fingerprint density at radius 1 is 1.24 bits per heavy atom. The van der Waals surface area contributed by atoms with Gasteiger partial charge in [0.05, 0.1) is 12.2 Å². The van der Waals surface area contributed by atoms with Gasteiger partial charge in [-0.15, -0.1) is 0 Å². The fourth-order valence-electron chi connectivity index (χ4n) is 2.07. The fraction of sp³-hybridized carbons (Fsp3) is 0.214. The van der Waals surface area contributed by atoms with Gasteiger partial charge in [0.25, 0.3) is 0 Å². The van der Waals surface area contributed by atoms with Crippen molar-refractivity contribution in [3.8, 4) is 0 Å².